The minimum Gasteiger partial charge on any atom is -0.399 e. The summed E-state index contributed by atoms with van der Waals surface area (Å²) in [5, 5.41) is 0. The van der Waals surface area contributed by atoms with E-state index < -0.39 is 5.41 Å². The first-order chi connectivity index (χ1) is 32.0. The molecule has 4 N–H and O–H groups in total. The van der Waals surface area contributed by atoms with E-state index in [1.165, 1.54) is 22.3 Å². The van der Waals surface area contributed by atoms with Crippen molar-refractivity contribution in [2.45, 2.75) is 5.41 Å². The van der Waals surface area contributed by atoms with Gasteiger partial charge in [-0.15, -0.1) is 0 Å². The van der Waals surface area contributed by atoms with Gasteiger partial charge in [0.25, 0.3) is 0 Å². The summed E-state index contributed by atoms with van der Waals surface area (Å²) in [6, 6.07) is 90.8. The van der Waals surface area contributed by atoms with Gasteiger partial charge < -0.3 is 21.3 Å². The highest BCUT2D eigenvalue weighted by Gasteiger charge is 2.46. The van der Waals surface area contributed by atoms with Crippen molar-refractivity contribution < 1.29 is 0 Å². The van der Waals surface area contributed by atoms with Crippen LogP contribution >= 0.6 is 0 Å². The maximum Gasteiger partial charge on any atom is 0.0714 e. The molecule has 0 amide bonds. The Labute approximate surface area is 381 Å². The summed E-state index contributed by atoms with van der Waals surface area (Å²) in [5.74, 6) is 0. The monoisotopic (exact) mass is 834 g/mol. The average Bonchev–Trinajstić information content (AvgIpc) is 3.66. The molecule has 0 bridgehead atoms. The van der Waals surface area contributed by atoms with Crippen LogP contribution in [0.2, 0.25) is 0 Å². The van der Waals surface area contributed by atoms with Crippen LogP contribution < -0.4 is 21.3 Å². The standard InChI is InChI=1S/C61H46N4/c62-49-31-27-47(28-32-49)61(48-29-33-50(63)34-30-48)59-41-45(43-21-35-55(36-22-43)64(51-13-5-1-6-14-51)52-15-7-2-8-16-52)25-39-57(59)58-40-26-46(42-60(58)61)44-23-37-56(38-24-44)65(53-17-9-3-10-18-53)54-19-11-4-12-20-54/h1-42H,62-63H2. The largest absolute Gasteiger partial charge is 0.399 e. The second-order valence-electron chi connectivity index (χ2n) is 16.6. The summed E-state index contributed by atoms with van der Waals surface area (Å²) in [4.78, 5) is 4.59. The third-order valence-electron chi connectivity index (χ3n) is 12.8. The highest BCUT2D eigenvalue weighted by atomic mass is 15.1. The van der Waals surface area contributed by atoms with Gasteiger partial charge in [0.1, 0.15) is 0 Å². The van der Waals surface area contributed by atoms with Crippen LogP contribution in [0.25, 0.3) is 33.4 Å². The molecule has 1 aliphatic carbocycles. The van der Waals surface area contributed by atoms with Crippen molar-refractivity contribution in [2.24, 2.45) is 0 Å². The van der Waals surface area contributed by atoms with Gasteiger partial charge in [0.15, 0.2) is 0 Å². The predicted molar refractivity (Wildman–Crippen MR) is 273 cm³/mol. The highest BCUT2D eigenvalue weighted by Crippen LogP contribution is 2.58. The third-order valence-corrected chi connectivity index (χ3v) is 12.8. The zero-order valence-electron chi connectivity index (χ0n) is 35.8. The lowest BCUT2D eigenvalue weighted by Crippen LogP contribution is -2.28. The van der Waals surface area contributed by atoms with Gasteiger partial charge in [0, 0.05) is 45.5 Å². The molecule has 0 aromatic heterocycles. The fourth-order valence-electron chi connectivity index (χ4n) is 9.75. The van der Waals surface area contributed by atoms with E-state index in [4.69, 9.17) is 11.5 Å². The van der Waals surface area contributed by atoms with Gasteiger partial charge in [-0.25, -0.2) is 0 Å². The van der Waals surface area contributed by atoms with E-state index >= 15 is 0 Å². The minimum atomic E-state index is -0.674. The van der Waals surface area contributed by atoms with Gasteiger partial charge in [0.05, 0.1) is 5.41 Å². The lowest BCUT2D eigenvalue weighted by Gasteiger charge is -2.34. The number of nitrogens with two attached hydrogens (primary N) is 2. The second-order valence-corrected chi connectivity index (χ2v) is 16.6. The van der Waals surface area contributed by atoms with Crippen molar-refractivity contribution in [3.63, 3.8) is 0 Å². The Bertz CT molecular complexity index is 2920. The summed E-state index contributed by atoms with van der Waals surface area (Å²) < 4.78 is 0. The smallest absolute Gasteiger partial charge is 0.0714 e. The molecule has 0 atom stereocenters. The van der Waals surface area contributed by atoms with Crippen LogP contribution in [0.3, 0.4) is 0 Å². The molecule has 65 heavy (non-hydrogen) atoms. The van der Waals surface area contributed by atoms with Crippen molar-refractivity contribution in [2.75, 3.05) is 21.3 Å². The summed E-state index contributed by atoms with van der Waals surface area (Å²) in [5.41, 5.74) is 31.9. The molecule has 11 rings (SSSR count). The molecule has 310 valence electrons. The molecule has 4 heteroatoms. The Balaban J connectivity index is 1.04. The summed E-state index contributed by atoms with van der Waals surface area (Å²) in [7, 11) is 0. The normalized spacial score (nSPS) is 12.2. The van der Waals surface area contributed by atoms with Gasteiger partial charge >= 0.3 is 0 Å². The molecule has 0 unspecified atom stereocenters. The number of fused-ring (bicyclic) bond motifs is 3. The first-order valence-electron chi connectivity index (χ1n) is 22.1. The van der Waals surface area contributed by atoms with Crippen molar-refractivity contribution in [1.82, 2.24) is 0 Å². The molecule has 0 spiro atoms. The number of para-hydroxylation sites is 4. The van der Waals surface area contributed by atoms with Crippen LogP contribution in [0.1, 0.15) is 22.3 Å². The van der Waals surface area contributed by atoms with Gasteiger partial charge in [-0.2, -0.15) is 0 Å². The molecule has 10 aromatic rings. The van der Waals surface area contributed by atoms with Crippen LogP contribution in [0.4, 0.5) is 45.5 Å². The Morgan fingerprint density at radius 3 is 0.846 bits per heavy atom. The van der Waals surface area contributed by atoms with Crippen LogP contribution in [0.15, 0.2) is 255 Å². The number of nitrogens with zero attached hydrogens (tertiary/aromatic N) is 2. The van der Waals surface area contributed by atoms with Crippen molar-refractivity contribution in [3.05, 3.63) is 277 Å². The Kier molecular flexibility index (Phi) is 10.0. The maximum absolute atomic E-state index is 6.41. The van der Waals surface area contributed by atoms with E-state index in [2.05, 4.69) is 240 Å². The highest BCUT2D eigenvalue weighted by molar-refractivity contribution is 5.91. The van der Waals surface area contributed by atoms with E-state index in [1.54, 1.807) is 0 Å². The number of nitrogen functional groups attached to an aromatic ring is 2. The first-order valence-corrected chi connectivity index (χ1v) is 22.1. The Hall–Kier alpha value is -8.60. The quantitative estimate of drug-likeness (QED) is 0.135. The molecular weight excluding hydrogens is 789 g/mol. The Morgan fingerprint density at radius 1 is 0.262 bits per heavy atom. The molecule has 0 saturated carbocycles. The van der Waals surface area contributed by atoms with Gasteiger partial charge in [-0.05, 0) is 165 Å². The molecule has 0 aliphatic heterocycles. The van der Waals surface area contributed by atoms with Gasteiger partial charge in [-0.3, -0.25) is 0 Å². The number of hydrogen-bond donors (Lipinski definition) is 2. The lowest BCUT2D eigenvalue weighted by atomic mass is 9.67. The molecule has 0 fully saturated rings. The zero-order valence-corrected chi connectivity index (χ0v) is 35.8. The zero-order chi connectivity index (χ0) is 43.7. The SMILES string of the molecule is Nc1ccc(C2(c3ccc(N)cc3)c3cc(-c4ccc(N(c5ccccc5)c5ccccc5)cc4)ccc3-c3ccc(-c4ccc(N(c5ccccc5)c5ccccc5)cc4)cc32)cc1. The van der Waals surface area contributed by atoms with Crippen LogP contribution in [-0.2, 0) is 5.41 Å². The second kappa shape index (κ2) is 16.6. The van der Waals surface area contributed by atoms with Crippen LogP contribution in [0, 0.1) is 0 Å². The van der Waals surface area contributed by atoms with E-state index in [1.807, 2.05) is 24.3 Å². The fourth-order valence-corrected chi connectivity index (χ4v) is 9.75. The topological polar surface area (TPSA) is 58.5 Å². The summed E-state index contributed by atoms with van der Waals surface area (Å²) >= 11 is 0. The van der Waals surface area contributed by atoms with Gasteiger partial charge in [-0.1, -0.05) is 146 Å². The summed E-state index contributed by atoms with van der Waals surface area (Å²) in [6.45, 7) is 0. The molecular formula is C61H46N4. The third kappa shape index (κ3) is 7.08. The first kappa shape index (κ1) is 39.3. The van der Waals surface area contributed by atoms with Crippen LogP contribution in [-0.4, -0.2) is 0 Å². The lowest BCUT2D eigenvalue weighted by molar-refractivity contribution is 0.769. The van der Waals surface area contributed by atoms with Gasteiger partial charge in [0.2, 0.25) is 0 Å². The molecule has 0 heterocycles. The predicted octanol–water partition coefficient (Wildman–Crippen LogP) is 15.5. The maximum atomic E-state index is 6.41. The van der Waals surface area contributed by atoms with Crippen molar-refractivity contribution in [1.29, 1.82) is 0 Å². The number of hydrogen-bond acceptors (Lipinski definition) is 4. The molecule has 1 aliphatic rings. The van der Waals surface area contributed by atoms with E-state index in [-0.39, 0.29) is 0 Å². The van der Waals surface area contributed by atoms with E-state index in [0.717, 1.165) is 78.9 Å². The minimum absolute atomic E-state index is 0.674. The average molecular weight is 835 g/mol. The number of rotatable bonds is 10. The number of anilines is 8. The van der Waals surface area contributed by atoms with Crippen LogP contribution in [0.5, 0.6) is 0 Å². The molecule has 0 radical (unpaired) electrons. The molecule has 0 saturated heterocycles. The van der Waals surface area contributed by atoms with Crippen molar-refractivity contribution >= 4 is 45.5 Å². The molecule has 10 aromatic carbocycles. The van der Waals surface area contributed by atoms with Crippen molar-refractivity contribution in [3.8, 4) is 33.4 Å². The van der Waals surface area contributed by atoms with E-state index in [0.29, 0.717) is 0 Å². The van der Waals surface area contributed by atoms with E-state index in [9.17, 15) is 0 Å². The molecule has 4 nitrogen and oxygen atoms in total. The Morgan fingerprint density at radius 2 is 0.538 bits per heavy atom. The number of benzene rings is 10. The fraction of sp³-hybridized carbons (Fsp3) is 0.0164. The summed E-state index contributed by atoms with van der Waals surface area (Å²) in [6.07, 6.45) is 0.